The largest absolute Gasteiger partial charge is 0.375 e. The molecule has 1 N–H and O–H groups in total. The lowest BCUT2D eigenvalue weighted by atomic mass is 10.2. The smallest absolute Gasteiger partial charge is 0.264 e. The lowest BCUT2D eigenvalue weighted by Gasteiger charge is -2.01. The summed E-state index contributed by atoms with van der Waals surface area (Å²) >= 11 is 1.65. The van der Waals surface area contributed by atoms with Gasteiger partial charge in [0.2, 0.25) is 0 Å². The van der Waals surface area contributed by atoms with E-state index in [2.05, 4.69) is 5.38 Å². The third kappa shape index (κ3) is 6.95. The highest BCUT2D eigenvalue weighted by molar-refractivity contribution is 7.85. The van der Waals surface area contributed by atoms with Crippen LogP contribution >= 0.6 is 11.3 Å². The van der Waals surface area contributed by atoms with E-state index in [0.29, 0.717) is 19.4 Å². The summed E-state index contributed by atoms with van der Waals surface area (Å²) in [6.07, 6.45) is 1.78. The van der Waals surface area contributed by atoms with Crippen LogP contribution in [0.25, 0.3) is 0 Å². The topological polar surface area (TPSA) is 63.6 Å². The third-order valence-electron chi connectivity index (χ3n) is 1.93. The molecule has 0 unspecified atom stereocenters. The molecule has 0 aliphatic heterocycles. The van der Waals surface area contributed by atoms with Gasteiger partial charge in [-0.25, -0.2) is 0 Å². The molecule has 0 bridgehead atoms. The fraction of sp³-hybridized carbons (Fsp3) is 0.500. The zero-order chi connectivity index (χ0) is 11.9. The van der Waals surface area contributed by atoms with Gasteiger partial charge in [0.25, 0.3) is 10.1 Å². The van der Waals surface area contributed by atoms with Crippen molar-refractivity contribution in [2.24, 2.45) is 0 Å². The van der Waals surface area contributed by atoms with Gasteiger partial charge >= 0.3 is 0 Å². The minimum Gasteiger partial charge on any atom is -0.375 e. The molecule has 0 aliphatic rings. The zero-order valence-electron chi connectivity index (χ0n) is 8.83. The Balaban J connectivity index is 1.93. The van der Waals surface area contributed by atoms with Crippen LogP contribution in [0, 0.1) is 6.61 Å². The van der Waals surface area contributed by atoms with Crippen LogP contribution in [0.4, 0.5) is 0 Å². The molecule has 0 saturated carbocycles. The van der Waals surface area contributed by atoms with Crippen molar-refractivity contribution in [1.82, 2.24) is 0 Å². The van der Waals surface area contributed by atoms with Crippen molar-refractivity contribution in [2.45, 2.75) is 19.3 Å². The van der Waals surface area contributed by atoms with E-state index in [1.54, 1.807) is 17.9 Å². The maximum atomic E-state index is 10.4. The van der Waals surface area contributed by atoms with Crippen molar-refractivity contribution < 1.29 is 17.7 Å². The Kier molecular flexibility index (Phi) is 5.97. The van der Waals surface area contributed by atoms with Crippen LogP contribution in [0.2, 0.25) is 0 Å². The minimum atomic E-state index is -3.83. The predicted octanol–water partition coefficient (Wildman–Crippen LogP) is 2.14. The van der Waals surface area contributed by atoms with E-state index in [9.17, 15) is 8.42 Å². The standard InChI is InChI=1S/C10H15O4S2/c11-16(12,13)8-2-1-5-14-6-3-10-4-7-15-9-10/h4-5,7,9H,1-3,6,8H2,(H,11,12,13). The molecule has 0 spiro atoms. The van der Waals surface area contributed by atoms with Crippen molar-refractivity contribution in [1.29, 1.82) is 0 Å². The highest BCUT2D eigenvalue weighted by Gasteiger charge is 2.03. The van der Waals surface area contributed by atoms with Crippen LogP contribution in [0.15, 0.2) is 16.8 Å². The van der Waals surface area contributed by atoms with Crippen molar-refractivity contribution in [2.75, 3.05) is 12.4 Å². The Labute approximate surface area is 100 Å². The summed E-state index contributed by atoms with van der Waals surface area (Å²) in [6.45, 7) is 2.19. The Morgan fingerprint density at radius 1 is 1.50 bits per heavy atom. The van der Waals surface area contributed by atoms with E-state index in [1.165, 1.54) is 5.56 Å². The maximum Gasteiger partial charge on any atom is 0.264 e. The summed E-state index contributed by atoms with van der Waals surface area (Å²) in [5.41, 5.74) is 1.25. The fourth-order valence-corrected chi connectivity index (χ4v) is 2.36. The molecule has 16 heavy (non-hydrogen) atoms. The SMILES string of the molecule is O=S(=O)(O)CCC[CH]OCCc1ccsc1. The average Bonchev–Trinajstić information content (AvgIpc) is 2.67. The van der Waals surface area contributed by atoms with Crippen LogP contribution < -0.4 is 0 Å². The van der Waals surface area contributed by atoms with E-state index in [-0.39, 0.29) is 5.75 Å². The van der Waals surface area contributed by atoms with Crippen LogP contribution in [0.5, 0.6) is 0 Å². The molecule has 0 atom stereocenters. The first-order valence-corrected chi connectivity index (χ1v) is 7.52. The molecule has 1 aromatic heterocycles. The number of rotatable bonds is 8. The highest BCUT2D eigenvalue weighted by atomic mass is 32.2. The summed E-state index contributed by atoms with van der Waals surface area (Å²) in [4.78, 5) is 0. The quantitative estimate of drug-likeness (QED) is 0.576. The second kappa shape index (κ2) is 7.01. The second-order valence-electron chi connectivity index (χ2n) is 3.35. The number of hydrogen-bond acceptors (Lipinski definition) is 4. The van der Waals surface area contributed by atoms with Gasteiger partial charge in [-0.3, -0.25) is 4.55 Å². The van der Waals surface area contributed by atoms with Crippen LogP contribution in [-0.2, 0) is 21.3 Å². The molecule has 4 nitrogen and oxygen atoms in total. The van der Waals surface area contributed by atoms with Crippen molar-refractivity contribution >= 4 is 21.5 Å². The molecule has 0 fully saturated rings. The van der Waals surface area contributed by atoms with Gasteiger partial charge in [-0.2, -0.15) is 19.8 Å². The summed E-state index contributed by atoms with van der Waals surface area (Å²) in [7, 11) is -3.83. The molecule has 0 amide bonds. The molecule has 1 radical (unpaired) electrons. The van der Waals surface area contributed by atoms with E-state index >= 15 is 0 Å². The average molecular weight is 263 g/mol. The summed E-state index contributed by atoms with van der Waals surface area (Å²) < 4.78 is 34.4. The molecular formula is C10H15O4S2. The third-order valence-corrected chi connectivity index (χ3v) is 3.47. The lowest BCUT2D eigenvalue weighted by Crippen LogP contribution is -2.04. The van der Waals surface area contributed by atoms with Gasteiger partial charge < -0.3 is 4.74 Å². The lowest BCUT2D eigenvalue weighted by molar-refractivity contribution is 0.195. The van der Waals surface area contributed by atoms with E-state index < -0.39 is 10.1 Å². The van der Waals surface area contributed by atoms with Gasteiger partial charge in [0.05, 0.1) is 19.0 Å². The van der Waals surface area contributed by atoms with Crippen LogP contribution in [0.3, 0.4) is 0 Å². The summed E-state index contributed by atoms with van der Waals surface area (Å²) in [5, 5.41) is 4.09. The molecule has 1 rings (SSSR count). The van der Waals surface area contributed by atoms with Gasteiger partial charge in [0.15, 0.2) is 0 Å². The number of unbranched alkanes of at least 4 members (excludes halogenated alkanes) is 1. The Bertz CT molecular complexity index is 370. The van der Waals surface area contributed by atoms with Gasteiger partial charge in [0.1, 0.15) is 0 Å². The maximum absolute atomic E-state index is 10.4. The number of ether oxygens (including phenoxy) is 1. The van der Waals surface area contributed by atoms with E-state index in [1.807, 2.05) is 11.4 Å². The van der Waals surface area contributed by atoms with Crippen LogP contribution in [0.1, 0.15) is 18.4 Å². The molecule has 0 saturated heterocycles. The zero-order valence-corrected chi connectivity index (χ0v) is 10.5. The number of hydrogen-bond donors (Lipinski definition) is 1. The van der Waals surface area contributed by atoms with Crippen molar-refractivity contribution in [3.05, 3.63) is 29.0 Å². The van der Waals surface area contributed by atoms with E-state index in [4.69, 9.17) is 9.29 Å². The predicted molar refractivity (Wildman–Crippen MR) is 63.9 cm³/mol. The highest BCUT2D eigenvalue weighted by Crippen LogP contribution is 2.07. The van der Waals surface area contributed by atoms with Crippen LogP contribution in [-0.4, -0.2) is 25.3 Å². The van der Waals surface area contributed by atoms with Gasteiger partial charge in [-0.15, -0.1) is 0 Å². The molecule has 1 heterocycles. The van der Waals surface area contributed by atoms with Crippen molar-refractivity contribution in [3.8, 4) is 0 Å². The van der Waals surface area contributed by atoms with E-state index in [0.717, 1.165) is 6.42 Å². The molecule has 0 aliphatic carbocycles. The van der Waals surface area contributed by atoms with Gasteiger partial charge in [-0.05, 0) is 41.7 Å². The first kappa shape index (κ1) is 13.6. The molecule has 6 heteroatoms. The normalized spacial score (nSPS) is 11.8. The first-order chi connectivity index (χ1) is 7.58. The minimum absolute atomic E-state index is 0.211. The first-order valence-electron chi connectivity index (χ1n) is 4.97. The molecule has 1 aromatic rings. The fourth-order valence-electron chi connectivity index (χ4n) is 1.13. The number of thiophene rings is 1. The monoisotopic (exact) mass is 263 g/mol. The Morgan fingerprint density at radius 2 is 2.31 bits per heavy atom. The molecule has 91 valence electrons. The summed E-state index contributed by atoms with van der Waals surface area (Å²) in [6, 6.07) is 2.05. The Hall–Kier alpha value is -0.430. The second-order valence-corrected chi connectivity index (χ2v) is 5.70. The van der Waals surface area contributed by atoms with Crippen molar-refractivity contribution in [3.63, 3.8) is 0 Å². The Morgan fingerprint density at radius 3 is 2.94 bits per heavy atom. The molecular weight excluding hydrogens is 248 g/mol. The summed E-state index contributed by atoms with van der Waals surface area (Å²) in [5.74, 6) is -0.211. The van der Waals surface area contributed by atoms with Gasteiger partial charge in [-0.1, -0.05) is 0 Å². The van der Waals surface area contributed by atoms with Gasteiger partial charge in [0, 0.05) is 0 Å². The molecule has 0 aromatic carbocycles.